The third-order valence-electron chi connectivity index (χ3n) is 6.08. The van der Waals surface area contributed by atoms with E-state index in [0.29, 0.717) is 53.3 Å². The Morgan fingerprint density at radius 3 is 2.32 bits per heavy atom. The maximum absolute atomic E-state index is 13.2. The lowest BCUT2D eigenvalue weighted by Gasteiger charge is -2.39. The van der Waals surface area contributed by atoms with Gasteiger partial charge in [0.1, 0.15) is 5.82 Å². The van der Waals surface area contributed by atoms with E-state index in [1.54, 1.807) is 35.2 Å². The molecule has 0 radical (unpaired) electrons. The first-order chi connectivity index (χ1) is 16.2. The van der Waals surface area contributed by atoms with Crippen LogP contribution in [0.2, 0.25) is 0 Å². The largest absolute Gasteiger partial charge is 0.493 e. The molecule has 0 amide bonds. The van der Waals surface area contributed by atoms with Gasteiger partial charge in [0.25, 0.3) is 0 Å². The molecule has 1 aliphatic heterocycles. The zero-order valence-corrected chi connectivity index (χ0v) is 19.6. The Hall–Kier alpha value is -3.81. The average molecular weight is 481 g/mol. The third kappa shape index (κ3) is 3.89. The summed E-state index contributed by atoms with van der Waals surface area (Å²) in [6, 6.07) is 13.3. The molecule has 0 spiro atoms. The van der Waals surface area contributed by atoms with Crippen LogP contribution in [0.4, 0.5) is 5.69 Å². The van der Waals surface area contributed by atoms with E-state index in [4.69, 9.17) is 20.3 Å². The number of sulfonamides is 1. The van der Waals surface area contributed by atoms with E-state index in [0.717, 1.165) is 0 Å². The van der Waals surface area contributed by atoms with Crippen molar-refractivity contribution in [1.29, 1.82) is 5.26 Å². The molecule has 1 aliphatic carbocycles. The van der Waals surface area contributed by atoms with Crippen LogP contribution < -0.4 is 25.2 Å². The molecule has 0 unspecified atom stereocenters. The van der Waals surface area contributed by atoms with Crippen LogP contribution in [0.25, 0.3) is 0 Å². The average Bonchev–Trinajstić information content (AvgIpc) is 2.82. The summed E-state index contributed by atoms with van der Waals surface area (Å²) >= 11 is 0. The van der Waals surface area contributed by atoms with Crippen LogP contribution in [0.1, 0.15) is 30.7 Å². The molecule has 0 saturated carbocycles. The molecule has 1 heterocycles. The number of Topliss-reactive ketones (excluding diaryl/α,β-unsaturated/α-hetero) is 1. The zero-order valence-electron chi connectivity index (χ0n) is 18.7. The number of anilines is 1. The van der Waals surface area contributed by atoms with E-state index >= 15 is 0 Å². The van der Waals surface area contributed by atoms with Crippen LogP contribution in [-0.4, -0.2) is 28.4 Å². The second-order valence-corrected chi connectivity index (χ2v) is 9.53. The van der Waals surface area contributed by atoms with Gasteiger partial charge < -0.3 is 15.2 Å². The summed E-state index contributed by atoms with van der Waals surface area (Å²) in [5, 5.41) is 15.3. The van der Waals surface area contributed by atoms with Gasteiger partial charge in [-0.05, 0) is 54.8 Å². The normalized spacial score (nSPS) is 18.5. The predicted molar refractivity (Wildman–Crippen MR) is 125 cm³/mol. The molecule has 0 bridgehead atoms. The Morgan fingerprint density at radius 2 is 1.74 bits per heavy atom. The summed E-state index contributed by atoms with van der Waals surface area (Å²) in [5.74, 6) is 0.458. The molecule has 9 nitrogen and oxygen atoms in total. The smallest absolute Gasteiger partial charge is 0.238 e. The first kappa shape index (κ1) is 23.4. The Balaban J connectivity index is 1.92. The minimum absolute atomic E-state index is 0.0477. The fourth-order valence-corrected chi connectivity index (χ4v) is 5.05. The topological polar surface area (TPSA) is 149 Å². The second kappa shape index (κ2) is 8.85. The fourth-order valence-electron chi connectivity index (χ4n) is 4.53. The number of nitrogens with zero attached hydrogens (tertiary/aromatic N) is 2. The predicted octanol–water partition coefficient (Wildman–Crippen LogP) is 2.66. The van der Waals surface area contributed by atoms with Crippen molar-refractivity contribution in [2.24, 2.45) is 10.9 Å². The summed E-state index contributed by atoms with van der Waals surface area (Å²) < 4.78 is 34.1. The number of hydrogen-bond acceptors (Lipinski definition) is 8. The molecule has 0 aromatic heterocycles. The van der Waals surface area contributed by atoms with Crippen molar-refractivity contribution in [2.75, 3.05) is 19.1 Å². The molecule has 176 valence electrons. The zero-order chi connectivity index (χ0) is 24.6. The van der Waals surface area contributed by atoms with Crippen molar-refractivity contribution < 1.29 is 22.7 Å². The van der Waals surface area contributed by atoms with Crippen LogP contribution in [-0.2, 0) is 14.8 Å². The Kier molecular flexibility index (Phi) is 6.08. The quantitative estimate of drug-likeness (QED) is 0.663. The van der Waals surface area contributed by atoms with Gasteiger partial charge in [0.05, 0.1) is 36.7 Å². The SMILES string of the molecule is COc1ccc([C@@H]2C(C#N)=C(N)N(c3ccc(S(N)(=O)=O)cc3)C3=C2C(=O)CCC3)cc1OC. The van der Waals surface area contributed by atoms with Crippen molar-refractivity contribution in [3.8, 4) is 17.6 Å². The molecule has 4 rings (SSSR count). The summed E-state index contributed by atoms with van der Waals surface area (Å²) in [7, 11) is -0.827. The summed E-state index contributed by atoms with van der Waals surface area (Å²) in [6.07, 6.45) is 1.57. The monoisotopic (exact) mass is 480 g/mol. The van der Waals surface area contributed by atoms with Gasteiger partial charge in [-0.25, -0.2) is 13.6 Å². The highest BCUT2D eigenvalue weighted by Crippen LogP contribution is 2.47. The van der Waals surface area contributed by atoms with Crippen LogP contribution in [0.5, 0.6) is 11.5 Å². The van der Waals surface area contributed by atoms with Crippen molar-refractivity contribution in [3.05, 3.63) is 70.7 Å². The number of nitriles is 1. The molecule has 0 saturated heterocycles. The number of hydrogen-bond donors (Lipinski definition) is 2. The lowest BCUT2D eigenvalue weighted by Crippen LogP contribution is -2.38. The third-order valence-corrected chi connectivity index (χ3v) is 7.01. The van der Waals surface area contributed by atoms with Gasteiger partial charge in [0, 0.05) is 23.4 Å². The molecule has 34 heavy (non-hydrogen) atoms. The number of allylic oxidation sites excluding steroid dienone is 3. The van der Waals surface area contributed by atoms with Crippen molar-refractivity contribution >= 4 is 21.5 Å². The van der Waals surface area contributed by atoms with Crippen molar-refractivity contribution in [3.63, 3.8) is 0 Å². The molecule has 2 aromatic rings. The minimum atomic E-state index is -3.87. The van der Waals surface area contributed by atoms with Gasteiger partial charge in [-0.1, -0.05) is 6.07 Å². The number of primary sulfonamides is 1. The van der Waals surface area contributed by atoms with Gasteiger partial charge in [0.15, 0.2) is 17.3 Å². The van der Waals surface area contributed by atoms with Gasteiger partial charge in [-0.2, -0.15) is 5.26 Å². The van der Waals surface area contributed by atoms with E-state index in [9.17, 15) is 18.5 Å². The van der Waals surface area contributed by atoms with E-state index in [1.165, 1.54) is 26.4 Å². The van der Waals surface area contributed by atoms with Crippen molar-refractivity contribution in [2.45, 2.75) is 30.1 Å². The molecule has 0 fully saturated rings. The van der Waals surface area contributed by atoms with Gasteiger partial charge in [0.2, 0.25) is 10.0 Å². The van der Waals surface area contributed by atoms with Gasteiger partial charge >= 0.3 is 0 Å². The molecular formula is C24H24N4O5S. The van der Waals surface area contributed by atoms with Crippen LogP contribution in [0.15, 0.2) is 70.0 Å². The van der Waals surface area contributed by atoms with Crippen molar-refractivity contribution in [1.82, 2.24) is 0 Å². The lowest BCUT2D eigenvalue weighted by molar-refractivity contribution is -0.116. The molecule has 1 atom stereocenters. The highest BCUT2D eigenvalue weighted by molar-refractivity contribution is 7.89. The maximum atomic E-state index is 13.2. The number of nitrogens with two attached hydrogens (primary N) is 2. The maximum Gasteiger partial charge on any atom is 0.238 e. The summed E-state index contributed by atoms with van der Waals surface area (Å²) in [6.45, 7) is 0. The molecular weight excluding hydrogens is 456 g/mol. The molecule has 4 N–H and O–H groups in total. The van der Waals surface area contributed by atoms with Gasteiger partial charge in [-0.15, -0.1) is 0 Å². The van der Waals surface area contributed by atoms with E-state index in [2.05, 4.69) is 6.07 Å². The fraction of sp³-hybridized carbons (Fsp3) is 0.250. The molecule has 2 aliphatic rings. The number of benzene rings is 2. The molecule has 2 aromatic carbocycles. The van der Waals surface area contributed by atoms with Crippen LogP contribution >= 0.6 is 0 Å². The Labute approximate surface area is 197 Å². The van der Waals surface area contributed by atoms with E-state index < -0.39 is 15.9 Å². The summed E-state index contributed by atoms with van der Waals surface area (Å²) in [5.41, 5.74) is 9.16. The molecule has 10 heteroatoms. The van der Waals surface area contributed by atoms with Gasteiger partial charge in [-0.3, -0.25) is 9.69 Å². The second-order valence-electron chi connectivity index (χ2n) is 7.97. The Bertz CT molecular complexity index is 1370. The first-order valence-electron chi connectivity index (χ1n) is 10.5. The van der Waals surface area contributed by atoms with Crippen LogP contribution in [0.3, 0.4) is 0 Å². The Morgan fingerprint density at radius 1 is 1.06 bits per heavy atom. The lowest BCUT2D eigenvalue weighted by atomic mass is 9.75. The number of rotatable bonds is 5. The van der Waals surface area contributed by atoms with E-state index in [-0.39, 0.29) is 22.1 Å². The number of carbonyl (C=O) groups is 1. The minimum Gasteiger partial charge on any atom is -0.493 e. The number of ether oxygens (including phenoxy) is 2. The first-order valence-corrected chi connectivity index (χ1v) is 12.1. The summed E-state index contributed by atoms with van der Waals surface area (Å²) in [4.78, 5) is 14.8. The number of methoxy groups -OCH3 is 2. The number of carbonyl (C=O) groups excluding carboxylic acids is 1. The van der Waals surface area contributed by atoms with Crippen LogP contribution in [0, 0.1) is 11.3 Å². The standard InChI is InChI=1S/C24H24N4O5S/c1-32-20-11-6-14(12-21(20)33-2)22-17(13-25)24(26)28(18-4-3-5-19(29)23(18)22)15-7-9-16(10-8-15)34(27,30)31/h6-12,22H,3-5,26H2,1-2H3,(H2,27,30,31)/t22-/m1/s1. The van der Waals surface area contributed by atoms with E-state index in [1.807, 2.05) is 0 Å². The highest BCUT2D eigenvalue weighted by atomic mass is 32.2. The number of ketones is 1. The highest BCUT2D eigenvalue weighted by Gasteiger charge is 2.40.